The zero-order chi connectivity index (χ0) is 13.9. The van der Waals surface area contributed by atoms with Crippen LogP contribution in [0.2, 0.25) is 0 Å². The molecular weight excluding hydrogens is 380 g/mol. The minimum absolute atomic E-state index is 0.649. The van der Waals surface area contributed by atoms with Gasteiger partial charge in [0.25, 0.3) is 0 Å². The fourth-order valence-electron chi connectivity index (χ4n) is 4.21. The predicted molar refractivity (Wildman–Crippen MR) is 90.8 cm³/mol. The maximum atomic E-state index is 3.72. The van der Waals surface area contributed by atoms with E-state index in [2.05, 4.69) is 67.0 Å². The molecule has 1 aliphatic heterocycles. The van der Waals surface area contributed by atoms with E-state index in [1.165, 1.54) is 34.0 Å². The number of aromatic nitrogens is 1. The molecule has 4 rings (SSSR count). The lowest BCUT2D eigenvalue weighted by Crippen LogP contribution is -2.48. The van der Waals surface area contributed by atoms with Gasteiger partial charge in [-0.1, -0.05) is 28.1 Å². The van der Waals surface area contributed by atoms with Crippen LogP contribution in [0.25, 0.3) is 10.9 Å². The van der Waals surface area contributed by atoms with Crippen LogP contribution >= 0.6 is 31.9 Å². The van der Waals surface area contributed by atoms with Crippen LogP contribution in [0.4, 0.5) is 0 Å². The number of hydrogen-bond donors (Lipinski definition) is 1. The standard InChI is InChI=1S/C16H18Br2N2/c1-20-8-9(7-17)5-11-10-3-2-4-13-15(10)12(6-14(11)20)16(18)19-13/h2-4,9,11,14,19H,5-8H2,1H3/t9?,11-,14-/m0/s1. The van der Waals surface area contributed by atoms with Gasteiger partial charge in [-0.3, -0.25) is 0 Å². The van der Waals surface area contributed by atoms with E-state index in [9.17, 15) is 0 Å². The van der Waals surface area contributed by atoms with Crippen molar-refractivity contribution < 1.29 is 0 Å². The Bertz CT molecular complexity index is 664. The van der Waals surface area contributed by atoms with Gasteiger partial charge in [0.15, 0.2) is 0 Å². The molecule has 106 valence electrons. The molecule has 4 heteroatoms. The molecule has 0 amide bonds. The summed E-state index contributed by atoms with van der Waals surface area (Å²) >= 11 is 7.41. The maximum Gasteiger partial charge on any atom is 0.0864 e. The SMILES string of the molecule is CN1CC(CBr)C[C@H]2c3cccc4[nH]c(Br)c(c34)C[C@@H]21. The average Bonchev–Trinajstić information content (AvgIpc) is 2.77. The van der Waals surface area contributed by atoms with E-state index in [0.29, 0.717) is 12.0 Å². The Morgan fingerprint density at radius 3 is 3.05 bits per heavy atom. The molecule has 3 atom stereocenters. The van der Waals surface area contributed by atoms with Gasteiger partial charge in [-0.2, -0.15) is 0 Å². The number of rotatable bonds is 1. The first-order valence-electron chi connectivity index (χ1n) is 7.24. The van der Waals surface area contributed by atoms with Gasteiger partial charge in [-0.05, 0) is 58.9 Å². The molecule has 1 aromatic heterocycles. The van der Waals surface area contributed by atoms with Crippen LogP contribution < -0.4 is 0 Å². The van der Waals surface area contributed by atoms with E-state index in [4.69, 9.17) is 0 Å². The van der Waals surface area contributed by atoms with E-state index >= 15 is 0 Å². The van der Waals surface area contributed by atoms with Crippen molar-refractivity contribution in [3.8, 4) is 0 Å². The van der Waals surface area contributed by atoms with E-state index in [1.807, 2.05) is 0 Å². The van der Waals surface area contributed by atoms with Gasteiger partial charge in [-0.25, -0.2) is 0 Å². The molecule has 0 bridgehead atoms. The Hall–Kier alpha value is -0.320. The summed E-state index contributed by atoms with van der Waals surface area (Å²) in [5.74, 6) is 1.44. The molecule has 1 aliphatic carbocycles. The van der Waals surface area contributed by atoms with Crippen molar-refractivity contribution in [2.45, 2.75) is 24.8 Å². The lowest BCUT2D eigenvalue weighted by atomic mass is 9.73. The lowest BCUT2D eigenvalue weighted by Gasteiger charge is -2.45. The first kappa shape index (κ1) is 13.4. The minimum atomic E-state index is 0.649. The van der Waals surface area contributed by atoms with E-state index in [1.54, 1.807) is 5.56 Å². The van der Waals surface area contributed by atoms with Crippen LogP contribution in [-0.2, 0) is 6.42 Å². The van der Waals surface area contributed by atoms with Gasteiger partial charge in [0.2, 0.25) is 0 Å². The summed E-state index contributed by atoms with van der Waals surface area (Å²) in [6.07, 6.45) is 2.47. The number of nitrogens with zero attached hydrogens (tertiary/aromatic N) is 1. The number of nitrogens with one attached hydrogen (secondary N) is 1. The number of likely N-dealkylation sites (N-methyl/N-ethyl adjacent to an activating group) is 1. The molecule has 1 aromatic carbocycles. The highest BCUT2D eigenvalue weighted by Crippen LogP contribution is 2.46. The zero-order valence-electron chi connectivity index (χ0n) is 11.5. The first-order chi connectivity index (χ1) is 9.69. The highest BCUT2D eigenvalue weighted by Gasteiger charge is 2.39. The topological polar surface area (TPSA) is 19.0 Å². The van der Waals surface area contributed by atoms with Crippen molar-refractivity contribution >= 4 is 42.8 Å². The van der Waals surface area contributed by atoms with Crippen molar-refractivity contribution in [1.29, 1.82) is 0 Å². The van der Waals surface area contributed by atoms with Crippen LogP contribution in [0.5, 0.6) is 0 Å². The number of H-pyrrole nitrogens is 1. The Morgan fingerprint density at radius 1 is 1.40 bits per heavy atom. The Kier molecular flexibility index (Phi) is 3.24. The summed E-state index contributed by atoms with van der Waals surface area (Å²) in [4.78, 5) is 6.07. The molecule has 2 heterocycles. The number of aromatic amines is 1. The van der Waals surface area contributed by atoms with E-state index in [0.717, 1.165) is 17.7 Å². The van der Waals surface area contributed by atoms with Gasteiger partial charge in [-0.15, -0.1) is 0 Å². The Morgan fingerprint density at radius 2 is 2.25 bits per heavy atom. The van der Waals surface area contributed by atoms with Crippen molar-refractivity contribution in [1.82, 2.24) is 9.88 Å². The molecule has 0 radical (unpaired) electrons. The number of benzene rings is 1. The third-order valence-corrected chi connectivity index (χ3v) is 6.70. The molecule has 0 spiro atoms. The second kappa shape index (κ2) is 4.85. The summed E-state index contributed by atoms with van der Waals surface area (Å²) < 4.78 is 1.18. The number of hydrogen-bond acceptors (Lipinski definition) is 1. The van der Waals surface area contributed by atoms with Crippen molar-refractivity contribution in [3.05, 3.63) is 33.9 Å². The summed E-state index contributed by atoms with van der Waals surface area (Å²) in [6, 6.07) is 7.38. The van der Waals surface area contributed by atoms with Crippen LogP contribution in [0, 0.1) is 5.92 Å². The summed E-state index contributed by atoms with van der Waals surface area (Å²) in [5.41, 5.74) is 4.31. The lowest BCUT2D eigenvalue weighted by molar-refractivity contribution is 0.121. The smallest absolute Gasteiger partial charge is 0.0864 e. The van der Waals surface area contributed by atoms with Crippen LogP contribution in [0.1, 0.15) is 23.5 Å². The van der Waals surface area contributed by atoms with Gasteiger partial charge >= 0.3 is 0 Å². The molecule has 1 fully saturated rings. The summed E-state index contributed by atoms with van der Waals surface area (Å²) in [6.45, 7) is 1.21. The Labute approximate surface area is 136 Å². The van der Waals surface area contributed by atoms with Crippen LogP contribution in [0.15, 0.2) is 22.8 Å². The molecule has 1 N–H and O–H groups in total. The second-order valence-electron chi connectivity index (χ2n) is 6.26. The molecule has 20 heavy (non-hydrogen) atoms. The number of halogens is 2. The number of fused-ring (bicyclic) bond motifs is 2. The normalized spacial score (nSPS) is 29.6. The number of alkyl halides is 1. The first-order valence-corrected chi connectivity index (χ1v) is 9.15. The van der Waals surface area contributed by atoms with E-state index in [-0.39, 0.29) is 0 Å². The van der Waals surface area contributed by atoms with Gasteiger partial charge < -0.3 is 9.88 Å². The highest BCUT2D eigenvalue weighted by atomic mass is 79.9. The predicted octanol–water partition coefficient (Wildman–Crippen LogP) is 4.29. The van der Waals surface area contributed by atoms with Gasteiger partial charge in [0.05, 0.1) is 4.60 Å². The number of likely N-dealkylation sites (tertiary alicyclic amines) is 1. The molecule has 2 aromatic rings. The molecule has 1 unspecified atom stereocenters. The Balaban J connectivity index is 1.89. The monoisotopic (exact) mass is 396 g/mol. The summed E-state index contributed by atoms with van der Waals surface area (Å²) in [5, 5.41) is 2.59. The summed E-state index contributed by atoms with van der Waals surface area (Å²) in [7, 11) is 2.29. The number of piperidine rings is 1. The molecule has 0 saturated carbocycles. The quantitative estimate of drug-likeness (QED) is 0.711. The highest BCUT2D eigenvalue weighted by molar-refractivity contribution is 9.10. The largest absolute Gasteiger partial charge is 0.349 e. The fraction of sp³-hybridized carbons (Fsp3) is 0.500. The second-order valence-corrected chi connectivity index (χ2v) is 7.70. The maximum absolute atomic E-state index is 3.72. The molecule has 2 nitrogen and oxygen atoms in total. The van der Waals surface area contributed by atoms with Crippen molar-refractivity contribution in [3.63, 3.8) is 0 Å². The van der Waals surface area contributed by atoms with Crippen LogP contribution in [0.3, 0.4) is 0 Å². The third kappa shape index (κ3) is 1.84. The van der Waals surface area contributed by atoms with Gasteiger partial charge in [0.1, 0.15) is 0 Å². The van der Waals surface area contributed by atoms with Crippen molar-refractivity contribution in [2.75, 3.05) is 18.9 Å². The van der Waals surface area contributed by atoms with E-state index < -0.39 is 0 Å². The fourth-order valence-corrected chi connectivity index (χ4v) is 5.25. The third-order valence-electron chi connectivity index (χ3n) is 5.10. The molecule has 1 saturated heterocycles. The van der Waals surface area contributed by atoms with Gasteiger partial charge in [0, 0.05) is 34.7 Å². The van der Waals surface area contributed by atoms with Crippen molar-refractivity contribution in [2.24, 2.45) is 5.92 Å². The zero-order valence-corrected chi connectivity index (χ0v) is 14.7. The molecule has 2 aliphatic rings. The average molecular weight is 398 g/mol. The molecular formula is C16H18Br2N2. The van der Waals surface area contributed by atoms with Crippen LogP contribution in [-0.4, -0.2) is 34.8 Å². The minimum Gasteiger partial charge on any atom is -0.349 e.